The Morgan fingerprint density at radius 1 is 1.15 bits per heavy atom. The summed E-state index contributed by atoms with van der Waals surface area (Å²) in [5.74, 6) is -1.56. The first-order valence-corrected chi connectivity index (χ1v) is 11.5. The standard InChI is InChI=1S/C25H37N3O6/c1-7-25(12-13-26(5)20(29)14-25)22(32)28(17-21(30)31)16-19-11-9-8-10-18(19)15-27(6)23(33)34-24(2,3)4/h8-11H,7,12-17H2,1-6H3,(H,30,31). The number of piperidine rings is 1. The minimum atomic E-state index is -1.12. The second kappa shape index (κ2) is 10.9. The lowest BCUT2D eigenvalue weighted by Crippen LogP contribution is -2.52. The summed E-state index contributed by atoms with van der Waals surface area (Å²) < 4.78 is 5.42. The summed E-state index contributed by atoms with van der Waals surface area (Å²) in [7, 11) is 3.33. The van der Waals surface area contributed by atoms with Gasteiger partial charge in [-0.05, 0) is 44.7 Å². The maximum Gasteiger partial charge on any atom is 0.410 e. The lowest BCUT2D eigenvalue weighted by atomic mass is 9.74. The van der Waals surface area contributed by atoms with Gasteiger partial charge in [0.15, 0.2) is 0 Å². The van der Waals surface area contributed by atoms with Gasteiger partial charge in [-0.1, -0.05) is 31.2 Å². The van der Waals surface area contributed by atoms with E-state index in [-0.39, 0.29) is 31.3 Å². The number of carboxylic acid groups (broad SMARTS) is 1. The molecule has 1 saturated heterocycles. The molecule has 1 unspecified atom stereocenters. The number of rotatable bonds is 8. The number of amides is 3. The van der Waals surface area contributed by atoms with Gasteiger partial charge in [-0.25, -0.2) is 4.79 Å². The van der Waals surface area contributed by atoms with Crippen LogP contribution in [-0.2, 0) is 32.2 Å². The summed E-state index contributed by atoms with van der Waals surface area (Å²) >= 11 is 0. The van der Waals surface area contributed by atoms with Gasteiger partial charge >= 0.3 is 12.1 Å². The minimum Gasteiger partial charge on any atom is -0.480 e. The second-order valence-electron chi connectivity index (χ2n) is 10.0. The summed E-state index contributed by atoms with van der Waals surface area (Å²) in [6.45, 7) is 7.52. The number of carboxylic acids is 1. The Balaban J connectivity index is 2.29. The molecule has 2 rings (SSSR count). The molecule has 0 bridgehead atoms. The van der Waals surface area contributed by atoms with Crippen molar-refractivity contribution in [1.29, 1.82) is 0 Å². The van der Waals surface area contributed by atoms with Gasteiger partial charge in [0.1, 0.15) is 12.1 Å². The van der Waals surface area contributed by atoms with E-state index in [0.717, 1.165) is 11.1 Å². The Labute approximate surface area is 201 Å². The fourth-order valence-electron chi connectivity index (χ4n) is 4.08. The SMILES string of the molecule is CCC1(C(=O)N(CC(=O)O)Cc2ccccc2CN(C)C(=O)OC(C)(C)C)CCN(C)C(=O)C1. The van der Waals surface area contributed by atoms with Gasteiger partial charge in [-0.2, -0.15) is 0 Å². The van der Waals surface area contributed by atoms with E-state index in [0.29, 0.717) is 19.4 Å². The van der Waals surface area contributed by atoms with Crippen molar-refractivity contribution in [2.45, 2.75) is 65.6 Å². The number of aliphatic carboxylic acids is 1. The average Bonchev–Trinajstić information content (AvgIpc) is 2.74. The van der Waals surface area contributed by atoms with Crippen molar-refractivity contribution in [3.8, 4) is 0 Å². The van der Waals surface area contributed by atoms with Crippen molar-refractivity contribution in [2.24, 2.45) is 5.41 Å². The maximum atomic E-state index is 13.6. The Morgan fingerprint density at radius 2 is 1.74 bits per heavy atom. The third-order valence-corrected chi connectivity index (χ3v) is 6.18. The van der Waals surface area contributed by atoms with E-state index in [1.54, 1.807) is 39.8 Å². The highest BCUT2D eigenvalue weighted by atomic mass is 16.6. The molecule has 1 aromatic rings. The van der Waals surface area contributed by atoms with Gasteiger partial charge in [0.25, 0.3) is 0 Å². The number of ether oxygens (including phenoxy) is 1. The van der Waals surface area contributed by atoms with E-state index >= 15 is 0 Å². The van der Waals surface area contributed by atoms with Crippen LogP contribution in [-0.4, -0.2) is 76.5 Å². The van der Waals surface area contributed by atoms with Crippen LogP contribution in [0.5, 0.6) is 0 Å². The van der Waals surface area contributed by atoms with Crippen LogP contribution in [0.15, 0.2) is 24.3 Å². The number of carbonyl (C=O) groups is 4. The zero-order valence-electron chi connectivity index (χ0n) is 21.1. The van der Waals surface area contributed by atoms with Crippen molar-refractivity contribution in [1.82, 2.24) is 14.7 Å². The minimum absolute atomic E-state index is 0.0647. The molecule has 0 spiro atoms. The van der Waals surface area contributed by atoms with Crippen molar-refractivity contribution in [2.75, 3.05) is 27.2 Å². The van der Waals surface area contributed by atoms with Crippen molar-refractivity contribution in [3.05, 3.63) is 35.4 Å². The van der Waals surface area contributed by atoms with Crippen LogP contribution in [0.2, 0.25) is 0 Å². The van der Waals surface area contributed by atoms with Crippen LogP contribution in [0.4, 0.5) is 4.79 Å². The number of likely N-dealkylation sites (tertiary alicyclic amines) is 1. The quantitative estimate of drug-likeness (QED) is 0.619. The first-order valence-electron chi connectivity index (χ1n) is 11.5. The maximum absolute atomic E-state index is 13.6. The summed E-state index contributed by atoms with van der Waals surface area (Å²) in [6.07, 6.45) is 0.530. The molecular weight excluding hydrogens is 438 g/mol. The van der Waals surface area contributed by atoms with Crippen molar-refractivity contribution >= 4 is 23.9 Å². The van der Waals surface area contributed by atoms with E-state index in [2.05, 4.69) is 0 Å². The third-order valence-electron chi connectivity index (χ3n) is 6.18. The first-order chi connectivity index (χ1) is 15.8. The van der Waals surface area contributed by atoms with Crippen LogP contribution >= 0.6 is 0 Å². The van der Waals surface area contributed by atoms with Crippen LogP contribution in [0, 0.1) is 5.41 Å². The molecule has 0 radical (unpaired) electrons. The van der Waals surface area contributed by atoms with Gasteiger partial charge in [0, 0.05) is 40.2 Å². The molecule has 9 nitrogen and oxygen atoms in total. The Hall–Kier alpha value is -3.10. The Morgan fingerprint density at radius 3 is 2.24 bits per heavy atom. The smallest absolute Gasteiger partial charge is 0.410 e. The summed E-state index contributed by atoms with van der Waals surface area (Å²) in [5, 5.41) is 9.52. The van der Waals surface area contributed by atoms with Gasteiger partial charge in [-0.3, -0.25) is 14.4 Å². The average molecular weight is 476 g/mol. The lowest BCUT2D eigenvalue weighted by molar-refractivity contribution is -0.156. The van der Waals surface area contributed by atoms with Crippen molar-refractivity contribution < 1.29 is 29.0 Å². The summed E-state index contributed by atoms with van der Waals surface area (Å²) in [4.78, 5) is 54.5. The molecule has 9 heteroatoms. The van der Waals surface area contributed by atoms with Gasteiger partial charge < -0.3 is 24.5 Å². The highest BCUT2D eigenvalue weighted by Gasteiger charge is 2.45. The number of carbonyl (C=O) groups excluding carboxylic acids is 3. The van der Waals surface area contributed by atoms with E-state index < -0.39 is 29.6 Å². The van der Waals surface area contributed by atoms with Crippen LogP contribution in [0.3, 0.4) is 0 Å². The fourth-order valence-corrected chi connectivity index (χ4v) is 4.08. The molecule has 1 heterocycles. The molecule has 34 heavy (non-hydrogen) atoms. The largest absolute Gasteiger partial charge is 0.480 e. The topological polar surface area (TPSA) is 107 Å². The number of hydrogen-bond donors (Lipinski definition) is 1. The molecule has 1 aliphatic rings. The molecule has 188 valence electrons. The molecule has 1 N–H and O–H groups in total. The molecule has 1 aromatic carbocycles. The van der Waals surface area contributed by atoms with Crippen LogP contribution in [0.1, 0.15) is 58.1 Å². The van der Waals surface area contributed by atoms with Gasteiger partial charge in [0.2, 0.25) is 11.8 Å². The normalized spacial score (nSPS) is 18.4. The molecule has 0 aliphatic carbocycles. The van der Waals surface area contributed by atoms with Gasteiger partial charge in [0.05, 0.1) is 5.41 Å². The molecule has 1 atom stereocenters. The predicted molar refractivity (Wildman–Crippen MR) is 127 cm³/mol. The number of benzene rings is 1. The van der Waals surface area contributed by atoms with E-state index in [4.69, 9.17) is 4.74 Å². The second-order valence-corrected chi connectivity index (χ2v) is 10.0. The third kappa shape index (κ3) is 6.95. The molecule has 3 amide bonds. The Kier molecular flexibility index (Phi) is 8.69. The molecular formula is C25H37N3O6. The molecule has 1 aliphatic heterocycles. The highest BCUT2D eigenvalue weighted by molar-refractivity contribution is 5.91. The monoisotopic (exact) mass is 475 g/mol. The van der Waals surface area contributed by atoms with Crippen LogP contribution < -0.4 is 0 Å². The highest BCUT2D eigenvalue weighted by Crippen LogP contribution is 2.37. The summed E-state index contributed by atoms with van der Waals surface area (Å²) in [5.41, 5.74) is -0.0290. The zero-order chi connectivity index (χ0) is 25.7. The predicted octanol–water partition coefficient (Wildman–Crippen LogP) is 3.12. The lowest BCUT2D eigenvalue weighted by Gasteiger charge is -2.41. The fraction of sp³-hybridized carbons (Fsp3) is 0.600. The van der Waals surface area contributed by atoms with E-state index in [9.17, 15) is 24.3 Å². The van der Waals surface area contributed by atoms with Gasteiger partial charge in [-0.15, -0.1) is 0 Å². The van der Waals surface area contributed by atoms with Crippen molar-refractivity contribution in [3.63, 3.8) is 0 Å². The molecule has 0 aromatic heterocycles. The number of nitrogens with zero attached hydrogens (tertiary/aromatic N) is 3. The van der Waals surface area contributed by atoms with Crippen LogP contribution in [0.25, 0.3) is 0 Å². The summed E-state index contributed by atoms with van der Waals surface area (Å²) in [6, 6.07) is 7.30. The zero-order valence-corrected chi connectivity index (χ0v) is 21.1. The number of hydrogen-bond acceptors (Lipinski definition) is 5. The molecule has 1 fully saturated rings. The van der Waals surface area contributed by atoms with E-state index in [1.807, 2.05) is 31.2 Å². The first kappa shape index (κ1) is 27.1. The Bertz CT molecular complexity index is 925. The van der Waals surface area contributed by atoms with E-state index in [1.165, 1.54) is 9.80 Å². The molecule has 0 saturated carbocycles.